The van der Waals surface area contributed by atoms with Crippen molar-refractivity contribution in [2.24, 2.45) is 0 Å². The molecule has 12 heavy (non-hydrogen) atoms. The lowest BCUT2D eigenvalue weighted by atomic mass is 9.98. The van der Waals surface area contributed by atoms with Gasteiger partial charge in [-0.3, -0.25) is 0 Å². The molecule has 0 amide bonds. The molecule has 0 aromatic carbocycles. The molecule has 1 saturated heterocycles. The molecule has 1 aliphatic heterocycles. The van der Waals surface area contributed by atoms with Crippen molar-refractivity contribution >= 4 is 0 Å². The fourth-order valence-corrected chi connectivity index (χ4v) is 1.28. The fraction of sp³-hybridized carbons (Fsp3) is 1.00. The van der Waals surface area contributed by atoms with Gasteiger partial charge in [0.15, 0.2) is 0 Å². The van der Waals surface area contributed by atoms with Gasteiger partial charge in [-0.2, -0.15) is 0 Å². The number of alkyl halides is 2. The van der Waals surface area contributed by atoms with Crippen LogP contribution in [0.2, 0.25) is 0 Å². The minimum atomic E-state index is -3.33. The van der Waals surface area contributed by atoms with Crippen molar-refractivity contribution in [3.8, 4) is 0 Å². The summed E-state index contributed by atoms with van der Waals surface area (Å²) in [7, 11) is 0. The van der Waals surface area contributed by atoms with E-state index >= 15 is 0 Å². The molecule has 72 valence electrons. The summed E-state index contributed by atoms with van der Waals surface area (Å²) in [5.41, 5.74) is 0. The van der Waals surface area contributed by atoms with Crippen molar-refractivity contribution in [2.45, 2.75) is 37.6 Å². The van der Waals surface area contributed by atoms with Crippen molar-refractivity contribution in [2.75, 3.05) is 6.61 Å². The zero-order chi connectivity index (χ0) is 9.35. The van der Waals surface area contributed by atoms with Crippen LogP contribution >= 0.6 is 0 Å². The fourth-order valence-electron chi connectivity index (χ4n) is 1.28. The van der Waals surface area contributed by atoms with Gasteiger partial charge in [0, 0.05) is 6.42 Å². The quantitative estimate of drug-likeness (QED) is 0.607. The summed E-state index contributed by atoms with van der Waals surface area (Å²) in [6.07, 6.45) is -3.81. The van der Waals surface area contributed by atoms with Gasteiger partial charge in [-0.1, -0.05) is 0 Å². The summed E-state index contributed by atoms with van der Waals surface area (Å²) in [5, 5.41) is 17.5. The van der Waals surface area contributed by atoms with Crippen molar-refractivity contribution < 1.29 is 23.7 Å². The Bertz CT molecular complexity index is 163. The molecular weight excluding hydrogens is 170 g/mol. The highest BCUT2D eigenvalue weighted by molar-refractivity contribution is 4.90. The van der Waals surface area contributed by atoms with Gasteiger partial charge in [0.25, 0.3) is 0 Å². The standard InChI is InChI=1S/C7H12F2O3/c1-4-2-5(11)7(8,9)6(3-10)12-4/h4-6,10-11H,2-3H2,1H3. The molecule has 1 aliphatic rings. The van der Waals surface area contributed by atoms with Gasteiger partial charge >= 0.3 is 5.92 Å². The van der Waals surface area contributed by atoms with Crippen LogP contribution in [0, 0.1) is 0 Å². The van der Waals surface area contributed by atoms with Crippen molar-refractivity contribution in [1.82, 2.24) is 0 Å². The third kappa shape index (κ3) is 1.57. The molecule has 0 aromatic heterocycles. The Morgan fingerprint density at radius 2 is 2.17 bits per heavy atom. The number of rotatable bonds is 1. The van der Waals surface area contributed by atoms with E-state index in [0.717, 1.165) is 0 Å². The van der Waals surface area contributed by atoms with E-state index in [9.17, 15) is 8.78 Å². The summed E-state index contributed by atoms with van der Waals surface area (Å²) in [5.74, 6) is -3.33. The van der Waals surface area contributed by atoms with Gasteiger partial charge < -0.3 is 14.9 Å². The van der Waals surface area contributed by atoms with Crippen LogP contribution in [0.4, 0.5) is 8.78 Å². The van der Waals surface area contributed by atoms with Crippen LogP contribution in [-0.4, -0.2) is 41.1 Å². The number of aliphatic hydroxyl groups is 2. The molecule has 0 aliphatic carbocycles. The summed E-state index contributed by atoms with van der Waals surface area (Å²) in [6, 6.07) is 0. The topological polar surface area (TPSA) is 49.7 Å². The van der Waals surface area contributed by atoms with Crippen molar-refractivity contribution in [3.63, 3.8) is 0 Å². The van der Waals surface area contributed by atoms with Gasteiger partial charge in [-0.25, -0.2) is 8.78 Å². The van der Waals surface area contributed by atoms with Crippen LogP contribution in [0.15, 0.2) is 0 Å². The number of aliphatic hydroxyl groups excluding tert-OH is 2. The van der Waals surface area contributed by atoms with Crippen LogP contribution in [-0.2, 0) is 4.74 Å². The monoisotopic (exact) mass is 182 g/mol. The summed E-state index contributed by atoms with van der Waals surface area (Å²) in [6.45, 7) is 0.815. The van der Waals surface area contributed by atoms with Crippen LogP contribution < -0.4 is 0 Å². The second-order valence-electron chi connectivity index (χ2n) is 3.04. The number of halogens is 2. The minimum absolute atomic E-state index is 0.0938. The Balaban J connectivity index is 2.71. The molecule has 0 bridgehead atoms. The van der Waals surface area contributed by atoms with Gasteiger partial charge in [0.1, 0.15) is 12.2 Å². The van der Waals surface area contributed by atoms with Gasteiger partial charge in [0.2, 0.25) is 0 Å². The smallest absolute Gasteiger partial charge is 0.301 e. The van der Waals surface area contributed by atoms with Gasteiger partial charge in [-0.05, 0) is 6.92 Å². The van der Waals surface area contributed by atoms with Gasteiger partial charge in [0.05, 0.1) is 12.7 Å². The SMILES string of the molecule is CC1CC(O)C(F)(F)C(CO)O1. The molecule has 1 heterocycles. The molecule has 3 unspecified atom stereocenters. The van der Waals surface area contributed by atoms with E-state index in [1.165, 1.54) is 0 Å². The molecule has 0 spiro atoms. The van der Waals surface area contributed by atoms with E-state index < -0.39 is 30.8 Å². The lowest BCUT2D eigenvalue weighted by Gasteiger charge is -2.37. The first-order chi connectivity index (χ1) is 5.48. The lowest BCUT2D eigenvalue weighted by Crippen LogP contribution is -2.54. The van der Waals surface area contributed by atoms with Crippen molar-refractivity contribution in [3.05, 3.63) is 0 Å². The molecule has 3 nitrogen and oxygen atoms in total. The molecule has 2 N–H and O–H groups in total. The number of ether oxygens (including phenoxy) is 1. The lowest BCUT2D eigenvalue weighted by molar-refractivity contribution is -0.254. The second-order valence-corrected chi connectivity index (χ2v) is 3.04. The normalized spacial score (nSPS) is 41.2. The molecule has 3 atom stereocenters. The highest BCUT2D eigenvalue weighted by Gasteiger charge is 2.51. The highest BCUT2D eigenvalue weighted by atomic mass is 19.3. The first-order valence-electron chi connectivity index (χ1n) is 3.80. The first kappa shape index (κ1) is 9.83. The molecule has 0 radical (unpaired) electrons. The summed E-state index contributed by atoms with van der Waals surface area (Å²) >= 11 is 0. The van der Waals surface area contributed by atoms with E-state index in [4.69, 9.17) is 14.9 Å². The largest absolute Gasteiger partial charge is 0.393 e. The summed E-state index contributed by atoms with van der Waals surface area (Å²) in [4.78, 5) is 0. The Morgan fingerprint density at radius 1 is 1.58 bits per heavy atom. The average Bonchev–Trinajstić information content (AvgIpc) is 1.97. The van der Waals surface area contributed by atoms with E-state index in [2.05, 4.69) is 0 Å². The Kier molecular flexibility index (Phi) is 2.65. The molecule has 5 heteroatoms. The number of hydrogen-bond donors (Lipinski definition) is 2. The summed E-state index contributed by atoms with van der Waals surface area (Å²) < 4.78 is 30.6. The van der Waals surface area contributed by atoms with E-state index in [1.54, 1.807) is 6.92 Å². The van der Waals surface area contributed by atoms with Crippen LogP contribution in [0.25, 0.3) is 0 Å². The molecule has 1 fully saturated rings. The zero-order valence-corrected chi connectivity index (χ0v) is 6.70. The average molecular weight is 182 g/mol. The van der Waals surface area contributed by atoms with Crippen LogP contribution in [0.3, 0.4) is 0 Å². The predicted molar refractivity (Wildman–Crippen MR) is 37.0 cm³/mol. The number of hydrogen-bond acceptors (Lipinski definition) is 3. The van der Waals surface area contributed by atoms with Crippen LogP contribution in [0.1, 0.15) is 13.3 Å². The Labute approximate surface area is 69.0 Å². The Hall–Kier alpha value is -0.260. The van der Waals surface area contributed by atoms with Crippen LogP contribution in [0.5, 0.6) is 0 Å². The zero-order valence-electron chi connectivity index (χ0n) is 6.70. The van der Waals surface area contributed by atoms with Gasteiger partial charge in [-0.15, -0.1) is 0 Å². The van der Waals surface area contributed by atoms with E-state index in [1.807, 2.05) is 0 Å². The maximum absolute atomic E-state index is 12.9. The van der Waals surface area contributed by atoms with E-state index in [0.29, 0.717) is 0 Å². The van der Waals surface area contributed by atoms with Crippen molar-refractivity contribution in [1.29, 1.82) is 0 Å². The first-order valence-corrected chi connectivity index (χ1v) is 3.80. The molecule has 0 aromatic rings. The highest BCUT2D eigenvalue weighted by Crippen LogP contribution is 2.33. The third-order valence-electron chi connectivity index (χ3n) is 1.99. The van der Waals surface area contributed by atoms with E-state index in [-0.39, 0.29) is 6.42 Å². The molecule has 1 rings (SSSR count). The second kappa shape index (κ2) is 3.24. The third-order valence-corrected chi connectivity index (χ3v) is 1.99. The minimum Gasteiger partial charge on any atom is -0.393 e. The predicted octanol–water partition coefficient (Wildman–Crippen LogP) is 0.152. The maximum Gasteiger partial charge on any atom is 0.301 e. The Morgan fingerprint density at radius 3 is 2.67 bits per heavy atom. The maximum atomic E-state index is 12.9. The molecule has 0 saturated carbocycles. The molecular formula is C7H12F2O3.